The fraction of sp³-hybridized carbons (Fsp3) is 0.182. The van der Waals surface area contributed by atoms with Crippen LogP contribution >= 0.6 is 0 Å². The first-order chi connectivity index (χ1) is 13.3. The van der Waals surface area contributed by atoms with Gasteiger partial charge in [-0.05, 0) is 42.8 Å². The lowest BCUT2D eigenvalue weighted by Crippen LogP contribution is -2.58. The molecule has 27 heavy (non-hydrogen) atoms. The van der Waals surface area contributed by atoms with Gasteiger partial charge in [0, 0.05) is 6.61 Å². The van der Waals surface area contributed by atoms with Crippen LogP contribution in [0, 0.1) is 0 Å². The fourth-order valence-corrected chi connectivity index (χ4v) is 4.36. The molecule has 0 saturated heterocycles. The highest BCUT2D eigenvalue weighted by Gasteiger charge is 2.55. The standard InChI is InChI=1S/C22H24O4Si/c1-2-3-19-23-27(24-20-13-7-4-8-14-20,25-21-15-9-5-10-16-21)26-22-17-11-6-12-18-22/h4-18H,2-3,19H2,1H3. The van der Waals surface area contributed by atoms with Crippen LogP contribution in [0.1, 0.15) is 19.8 Å². The van der Waals surface area contributed by atoms with E-state index in [1.54, 1.807) is 0 Å². The first kappa shape index (κ1) is 19.0. The summed E-state index contributed by atoms with van der Waals surface area (Å²) >= 11 is 0. The fourth-order valence-electron chi connectivity index (χ4n) is 2.39. The molecule has 0 radical (unpaired) electrons. The Morgan fingerprint density at radius 2 is 0.963 bits per heavy atom. The molecule has 3 aromatic rings. The van der Waals surface area contributed by atoms with Crippen molar-refractivity contribution in [3.05, 3.63) is 91.0 Å². The molecule has 0 bridgehead atoms. The van der Waals surface area contributed by atoms with Gasteiger partial charge in [0.05, 0.1) is 0 Å². The van der Waals surface area contributed by atoms with E-state index >= 15 is 0 Å². The van der Waals surface area contributed by atoms with E-state index < -0.39 is 9.05 Å². The average molecular weight is 381 g/mol. The van der Waals surface area contributed by atoms with Gasteiger partial charge in [0.2, 0.25) is 0 Å². The van der Waals surface area contributed by atoms with Crippen molar-refractivity contribution in [2.45, 2.75) is 19.8 Å². The highest BCUT2D eigenvalue weighted by atomic mass is 28.4. The van der Waals surface area contributed by atoms with Crippen molar-refractivity contribution in [1.82, 2.24) is 0 Å². The summed E-state index contributed by atoms with van der Waals surface area (Å²) in [6.45, 7) is 2.61. The minimum atomic E-state index is -3.56. The van der Waals surface area contributed by atoms with E-state index in [0.717, 1.165) is 12.8 Å². The van der Waals surface area contributed by atoms with E-state index in [1.807, 2.05) is 91.0 Å². The highest BCUT2D eigenvalue weighted by Crippen LogP contribution is 2.25. The number of para-hydroxylation sites is 3. The third-order valence-electron chi connectivity index (χ3n) is 3.73. The number of hydrogen-bond acceptors (Lipinski definition) is 4. The molecule has 0 atom stereocenters. The van der Waals surface area contributed by atoms with E-state index in [0.29, 0.717) is 23.9 Å². The topological polar surface area (TPSA) is 36.9 Å². The second-order valence-corrected chi connectivity index (χ2v) is 7.85. The van der Waals surface area contributed by atoms with Crippen molar-refractivity contribution in [2.75, 3.05) is 6.61 Å². The van der Waals surface area contributed by atoms with Crippen LogP contribution in [0.25, 0.3) is 0 Å². The van der Waals surface area contributed by atoms with Gasteiger partial charge >= 0.3 is 9.05 Å². The smallest absolute Gasteiger partial charge is 0.462 e. The second-order valence-electron chi connectivity index (χ2n) is 5.95. The monoisotopic (exact) mass is 380 g/mol. The molecular formula is C22H24O4Si. The average Bonchev–Trinajstić information content (AvgIpc) is 2.70. The Kier molecular flexibility index (Phi) is 6.90. The molecule has 3 rings (SSSR count). The first-order valence-electron chi connectivity index (χ1n) is 9.16. The SMILES string of the molecule is CCCCO[Si](Oc1ccccc1)(Oc1ccccc1)Oc1ccccc1. The number of hydrogen-bond donors (Lipinski definition) is 0. The molecule has 0 heterocycles. The predicted octanol–water partition coefficient (Wildman–Crippen LogP) is 5.48. The van der Waals surface area contributed by atoms with Crippen LogP contribution in [-0.4, -0.2) is 15.7 Å². The highest BCUT2D eigenvalue weighted by molar-refractivity contribution is 6.56. The number of rotatable bonds is 10. The summed E-state index contributed by atoms with van der Waals surface area (Å²) in [5.41, 5.74) is 0. The van der Waals surface area contributed by atoms with Gasteiger partial charge in [-0.15, -0.1) is 0 Å². The molecular weight excluding hydrogens is 356 g/mol. The van der Waals surface area contributed by atoms with Gasteiger partial charge in [-0.3, -0.25) is 0 Å². The molecule has 0 unspecified atom stereocenters. The van der Waals surface area contributed by atoms with E-state index in [1.165, 1.54) is 0 Å². The van der Waals surface area contributed by atoms with Crippen LogP contribution in [-0.2, 0) is 4.43 Å². The zero-order chi connectivity index (χ0) is 18.8. The lowest BCUT2D eigenvalue weighted by Gasteiger charge is -2.28. The first-order valence-corrected chi connectivity index (χ1v) is 10.8. The molecule has 140 valence electrons. The third-order valence-corrected chi connectivity index (χ3v) is 5.75. The van der Waals surface area contributed by atoms with Gasteiger partial charge in [0.15, 0.2) is 0 Å². The van der Waals surface area contributed by atoms with Crippen LogP contribution in [0.2, 0.25) is 0 Å². The summed E-state index contributed by atoms with van der Waals surface area (Å²) in [6.07, 6.45) is 1.90. The normalized spacial score (nSPS) is 11.0. The quantitative estimate of drug-likeness (QED) is 0.345. The van der Waals surface area contributed by atoms with Gasteiger partial charge in [-0.25, -0.2) is 0 Å². The molecule has 4 nitrogen and oxygen atoms in total. The van der Waals surface area contributed by atoms with Crippen molar-refractivity contribution >= 4 is 9.05 Å². The minimum absolute atomic E-state index is 0.495. The molecule has 0 saturated carbocycles. The van der Waals surface area contributed by atoms with Crippen molar-refractivity contribution < 1.29 is 17.7 Å². The number of benzene rings is 3. The Balaban J connectivity index is 1.93. The molecule has 0 aliphatic rings. The zero-order valence-corrected chi connectivity index (χ0v) is 16.4. The van der Waals surface area contributed by atoms with Gasteiger partial charge in [0.1, 0.15) is 17.2 Å². The maximum atomic E-state index is 6.23. The van der Waals surface area contributed by atoms with E-state index in [9.17, 15) is 0 Å². The molecule has 0 N–H and O–H groups in total. The Morgan fingerprint density at radius 3 is 1.30 bits per heavy atom. The summed E-state index contributed by atoms with van der Waals surface area (Å²) in [6, 6.07) is 28.5. The zero-order valence-electron chi connectivity index (χ0n) is 15.4. The van der Waals surface area contributed by atoms with Crippen molar-refractivity contribution in [1.29, 1.82) is 0 Å². The summed E-state index contributed by atoms with van der Waals surface area (Å²) in [5, 5.41) is 0. The van der Waals surface area contributed by atoms with E-state index in [-0.39, 0.29) is 0 Å². The van der Waals surface area contributed by atoms with Crippen molar-refractivity contribution in [2.24, 2.45) is 0 Å². The molecule has 0 aromatic heterocycles. The largest absolute Gasteiger partial charge is 0.893 e. The summed E-state index contributed by atoms with van der Waals surface area (Å²) in [4.78, 5) is 0. The van der Waals surface area contributed by atoms with E-state index in [2.05, 4.69) is 6.92 Å². The third kappa shape index (κ3) is 5.87. The van der Waals surface area contributed by atoms with Gasteiger partial charge in [0.25, 0.3) is 0 Å². The maximum absolute atomic E-state index is 6.23. The van der Waals surface area contributed by atoms with Gasteiger partial charge < -0.3 is 17.7 Å². The van der Waals surface area contributed by atoms with Crippen LogP contribution < -0.4 is 13.3 Å². The summed E-state index contributed by atoms with van der Waals surface area (Å²) in [5.74, 6) is 1.94. The molecule has 3 aromatic carbocycles. The molecule has 0 aliphatic heterocycles. The van der Waals surface area contributed by atoms with Crippen LogP contribution in [0.15, 0.2) is 91.0 Å². The Labute approximate surface area is 161 Å². The Morgan fingerprint density at radius 1 is 0.593 bits per heavy atom. The molecule has 0 aliphatic carbocycles. The Bertz CT molecular complexity index is 680. The Hall–Kier alpha value is -2.76. The van der Waals surface area contributed by atoms with Crippen molar-refractivity contribution in [3.63, 3.8) is 0 Å². The predicted molar refractivity (Wildman–Crippen MR) is 108 cm³/mol. The number of unbranched alkanes of at least 4 members (excludes halogenated alkanes) is 1. The molecule has 5 heteroatoms. The maximum Gasteiger partial charge on any atom is 0.893 e. The molecule has 0 spiro atoms. The lowest BCUT2D eigenvalue weighted by atomic mass is 10.3. The summed E-state index contributed by atoms with van der Waals surface area (Å²) in [7, 11) is -3.56. The molecule has 0 fully saturated rings. The van der Waals surface area contributed by atoms with Crippen LogP contribution in [0.3, 0.4) is 0 Å². The van der Waals surface area contributed by atoms with E-state index in [4.69, 9.17) is 17.7 Å². The van der Waals surface area contributed by atoms with Crippen LogP contribution in [0.5, 0.6) is 17.2 Å². The second kappa shape index (κ2) is 9.80. The molecule has 0 amide bonds. The van der Waals surface area contributed by atoms with Gasteiger partial charge in [-0.2, -0.15) is 0 Å². The van der Waals surface area contributed by atoms with Gasteiger partial charge in [-0.1, -0.05) is 67.9 Å². The minimum Gasteiger partial charge on any atom is -0.462 e. The summed E-state index contributed by atoms with van der Waals surface area (Å²) < 4.78 is 24.8. The van der Waals surface area contributed by atoms with Crippen molar-refractivity contribution in [3.8, 4) is 17.2 Å². The van der Waals surface area contributed by atoms with Crippen LogP contribution in [0.4, 0.5) is 0 Å². The lowest BCUT2D eigenvalue weighted by molar-refractivity contribution is 0.0897.